The summed E-state index contributed by atoms with van der Waals surface area (Å²) in [5.74, 6) is 1.04. The molecule has 3 aromatic rings. The van der Waals surface area contributed by atoms with Crippen LogP contribution < -0.4 is 15.2 Å². The van der Waals surface area contributed by atoms with Crippen molar-refractivity contribution in [1.82, 2.24) is 9.55 Å². The number of para-hydroxylation sites is 1. The molecule has 0 unspecified atom stereocenters. The molecule has 0 aliphatic carbocycles. The van der Waals surface area contributed by atoms with Crippen LogP contribution in [0.4, 0.5) is 5.69 Å². The molecule has 1 aliphatic rings. The van der Waals surface area contributed by atoms with E-state index in [4.69, 9.17) is 4.74 Å². The number of aryl methyl sites for hydroxylation is 1. The summed E-state index contributed by atoms with van der Waals surface area (Å²) in [6.07, 6.45) is 1.85. The van der Waals surface area contributed by atoms with Gasteiger partial charge in [0.2, 0.25) is 5.91 Å². The summed E-state index contributed by atoms with van der Waals surface area (Å²) in [5.41, 5.74) is 2.62. The van der Waals surface area contributed by atoms with E-state index in [2.05, 4.69) is 4.98 Å². The fraction of sp³-hybridized carbons (Fsp3) is 0.286. The number of benzene rings is 2. The number of aromatic nitrogens is 2. The topological polar surface area (TPSA) is 64.4 Å². The van der Waals surface area contributed by atoms with Gasteiger partial charge in [-0.2, -0.15) is 0 Å². The largest absolute Gasteiger partial charge is 0.497 e. The fourth-order valence-electron chi connectivity index (χ4n) is 3.49. The summed E-state index contributed by atoms with van der Waals surface area (Å²) in [6, 6.07) is 13.1. The van der Waals surface area contributed by atoms with Gasteiger partial charge in [-0.1, -0.05) is 23.9 Å². The number of carbonyl (C=O) groups is 1. The van der Waals surface area contributed by atoms with Crippen LogP contribution in [0.15, 0.2) is 52.4 Å². The average molecular weight is 395 g/mol. The number of methoxy groups -OCH3 is 1. The number of amides is 1. The molecule has 0 bridgehead atoms. The van der Waals surface area contributed by atoms with Gasteiger partial charge in [-0.15, -0.1) is 0 Å². The third kappa shape index (κ3) is 3.38. The number of hydrogen-bond acceptors (Lipinski definition) is 5. The van der Waals surface area contributed by atoms with E-state index in [0.717, 1.165) is 29.8 Å². The minimum Gasteiger partial charge on any atom is -0.497 e. The molecule has 0 fully saturated rings. The summed E-state index contributed by atoms with van der Waals surface area (Å²) in [7, 11) is 3.34. The maximum atomic E-state index is 12.9. The first-order valence-electron chi connectivity index (χ1n) is 9.14. The molecule has 4 rings (SSSR count). The predicted octanol–water partition coefficient (Wildman–Crippen LogP) is 3.01. The Balaban J connectivity index is 1.55. The lowest BCUT2D eigenvalue weighted by Gasteiger charge is -2.29. The second kappa shape index (κ2) is 7.67. The molecular weight excluding hydrogens is 374 g/mol. The molecule has 1 amide bonds. The van der Waals surface area contributed by atoms with Crippen LogP contribution in [0.2, 0.25) is 0 Å². The molecule has 144 valence electrons. The molecule has 0 N–H and O–H groups in total. The molecule has 0 saturated heterocycles. The van der Waals surface area contributed by atoms with Crippen LogP contribution in [-0.4, -0.2) is 34.9 Å². The Kier molecular flexibility index (Phi) is 5.09. The van der Waals surface area contributed by atoms with Gasteiger partial charge in [-0.3, -0.25) is 14.2 Å². The maximum Gasteiger partial charge on any atom is 0.261 e. The quantitative estimate of drug-likeness (QED) is 0.502. The highest BCUT2D eigenvalue weighted by Gasteiger charge is 2.23. The fourth-order valence-corrected chi connectivity index (χ4v) is 4.34. The summed E-state index contributed by atoms with van der Waals surface area (Å²) in [4.78, 5) is 31.8. The number of ether oxygens (including phenoxy) is 1. The molecule has 7 heteroatoms. The minimum atomic E-state index is -0.101. The van der Waals surface area contributed by atoms with Gasteiger partial charge >= 0.3 is 0 Å². The van der Waals surface area contributed by atoms with Gasteiger partial charge in [0.1, 0.15) is 5.75 Å². The molecule has 0 atom stereocenters. The van der Waals surface area contributed by atoms with Crippen molar-refractivity contribution in [3.63, 3.8) is 0 Å². The summed E-state index contributed by atoms with van der Waals surface area (Å²) in [5, 5.41) is 1.13. The van der Waals surface area contributed by atoms with E-state index in [9.17, 15) is 9.59 Å². The molecule has 0 spiro atoms. The normalized spacial score (nSPS) is 13.4. The summed E-state index contributed by atoms with van der Waals surface area (Å²) >= 11 is 1.30. The number of thioether (sulfide) groups is 1. The van der Waals surface area contributed by atoms with Gasteiger partial charge in [-0.05, 0) is 48.7 Å². The van der Waals surface area contributed by atoms with Gasteiger partial charge in [0, 0.05) is 19.3 Å². The maximum absolute atomic E-state index is 12.9. The van der Waals surface area contributed by atoms with Crippen molar-refractivity contribution in [1.29, 1.82) is 0 Å². The smallest absolute Gasteiger partial charge is 0.261 e. The van der Waals surface area contributed by atoms with Crippen LogP contribution in [0.25, 0.3) is 10.9 Å². The Morgan fingerprint density at radius 1 is 1.25 bits per heavy atom. The Labute approximate surface area is 167 Å². The molecule has 1 aromatic heterocycles. The first-order chi connectivity index (χ1) is 13.6. The van der Waals surface area contributed by atoms with Crippen LogP contribution >= 0.6 is 11.8 Å². The van der Waals surface area contributed by atoms with Crippen LogP contribution in [-0.2, 0) is 18.3 Å². The van der Waals surface area contributed by atoms with E-state index in [0.29, 0.717) is 22.6 Å². The lowest BCUT2D eigenvalue weighted by Crippen LogP contribution is -2.36. The molecule has 1 aliphatic heterocycles. The number of hydrogen-bond donors (Lipinski definition) is 0. The monoisotopic (exact) mass is 395 g/mol. The first-order valence-corrected chi connectivity index (χ1v) is 10.1. The molecule has 0 radical (unpaired) electrons. The second-order valence-electron chi connectivity index (χ2n) is 6.71. The van der Waals surface area contributed by atoms with Crippen LogP contribution in [0, 0.1) is 0 Å². The van der Waals surface area contributed by atoms with Gasteiger partial charge in [0.05, 0.1) is 23.8 Å². The van der Waals surface area contributed by atoms with Gasteiger partial charge in [0.15, 0.2) is 5.16 Å². The molecule has 0 saturated carbocycles. The Bertz CT molecular complexity index is 1110. The highest BCUT2D eigenvalue weighted by atomic mass is 32.2. The average Bonchev–Trinajstić information content (AvgIpc) is 2.74. The molecule has 6 nitrogen and oxygen atoms in total. The third-order valence-electron chi connectivity index (χ3n) is 4.97. The van der Waals surface area contributed by atoms with Crippen LogP contribution in [0.3, 0.4) is 0 Å². The van der Waals surface area contributed by atoms with Crippen LogP contribution in [0.1, 0.15) is 12.0 Å². The van der Waals surface area contributed by atoms with E-state index in [1.165, 1.54) is 16.3 Å². The third-order valence-corrected chi connectivity index (χ3v) is 5.99. The van der Waals surface area contributed by atoms with E-state index in [1.54, 1.807) is 20.2 Å². The Morgan fingerprint density at radius 3 is 2.89 bits per heavy atom. The lowest BCUT2D eigenvalue weighted by atomic mass is 10.0. The van der Waals surface area contributed by atoms with Crippen molar-refractivity contribution in [2.75, 3.05) is 24.3 Å². The van der Waals surface area contributed by atoms with E-state index < -0.39 is 0 Å². The van der Waals surface area contributed by atoms with Crippen molar-refractivity contribution in [3.8, 4) is 5.75 Å². The summed E-state index contributed by atoms with van der Waals surface area (Å²) in [6.45, 7) is 0.697. The van der Waals surface area contributed by atoms with Crippen molar-refractivity contribution >= 4 is 34.3 Å². The van der Waals surface area contributed by atoms with E-state index in [-0.39, 0.29) is 17.2 Å². The van der Waals surface area contributed by atoms with Gasteiger partial charge in [0.25, 0.3) is 5.56 Å². The predicted molar refractivity (Wildman–Crippen MR) is 111 cm³/mol. The Hall–Kier alpha value is -2.80. The molecule has 2 heterocycles. The molecular formula is C21H21N3O3S. The SMILES string of the molecule is COc1ccc2c(c1)CCCN2C(=O)CSc1nc2ccccc2c(=O)n1C. The molecule has 28 heavy (non-hydrogen) atoms. The number of anilines is 1. The van der Waals surface area contributed by atoms with E-state index >= 15 is 0 Å². The minimum absolute atomic E-state index is 0.0125. The number of rotatable bonds is 4. The van der Waals surface area contributed by atoms with Crippen molar-refractivity contribution in [2.24, 2.45) is 7.05 Å². The Morgan fingerprint density at radius 2 is 2.07 bits per heavy atom. The van der Waals surface area contributed by atoms with Crippen molar-refractivity contribution < 1.29 is 9.53 Å². The second-order valence-corrected chi connectivity index (χ2v) is 7.65. The zero-order valence-electron chi connectivity index (χ0n) is 15.8. The highest BCUT2D eigenvalue weighted by Crippen LogP contribution is 2.31. The highest BCUT2D eigenvalue weighted by molar-refractivity contribution is 7.99. The summed E-state index contributed by atoms with van der Waals surface area (Å²) < 4.78 is 6.80. The molecule has 2 aromatic carbocycles. The van der Waals surface area contributed by atoms with E-state index in [1.807, 2.05) is 41.3 Å². The first kappa shape index (κ1) is 18.6. The van der Waals surface area contributed by atoms with Gasteiger partial charge < -0.3 is 9.64 Å². The van der Waals surface area contributed by atoms with Crippen molar-refractivity contribution in [3.05, 3.63) is 58.4 Å². The van der Waals surface area contributed by atoms with Gasteiger partial charge in [-0.25, -0.2) is 4.98 Å². The zero-order chi connectivity index (χ0) is 19.7. The number of nitrogens with zero attached hydrogens (tertiary/aromatic N) is 3. The van der Waals surface area contributed by atoms with Crippen LogP contribution in [0.5, 0.6) is 5.75 Å². The van der Waals surface area contributed by atoms with Crippen molar-refractivity contribution in [2.45, 2.75) is 18.0 Å². The standard InChI is InChI=1S/C21H21N3O3S/c1-23-20(26)16-7-3-4-8-17(16)22-21(23)28-13-19(25)24-11-5-6-14-12-15(27-2)9-10-18(14)24/h3-4,7-10,12H,5-6,11,13H2,1-2H3. The lowest BCUT2D eigenvalue weighted by molar-refractivity contribution is -0.116. The number of carbonyl (C=O) groups excluding carboxylic acids is 1. The zero-order valence-corrected chi connectivity index (χ0v) is 16.7. The number of fused-ring (bicyclic) bond motifs is 2.